The number of hydrogen-bond donors (Lipinski definition) is 1. The lowest BCUT2D eigenvalue weighted by Gasteiger charge is -2.37. The number of nitrogens with one attached hydrogen (secondary N) is 1. The number of thiophene rings is 1. The first-order chi connectivity index (χ1) is 9.65. The molecule has 2 fully saturated rings. The van der Waals surface area contributed by atoms with Crippen molar-refractivity contribution >= 4 is 11.3 Å². The van der Waals surface area contributed by atoms with Gasteiger partial charge in [0.1, 0.15) is 0 Å². The van der Waals surface area contributed by atoms with Crippen LogP contribution in [0.1, 0.15) is 36.6 Å². The molecule has 3 heterocycles. The Balaban J connectivity index is 1.56. The molecule has 3 atom stereocenters. The first-order valence-corrected chi connectivity index (χ1v) is 8.68. The van der Waals surface area contributed by atoms with E-state index in [0.717, 1.165) is 18.6 Å². The van der Waals surface area contributed by atoms with Crippen LogP contribution in [-0.4, -0.2) is 55.6 Å². The molecule has 1 aromatic rings. The molecule has 3 rings (SSSR count). The normalized spacial score (nSPS) is 31.9. The van der Waals surface area contributed by atoms with Gasteiger partial charge in [0.05, 0.1) is 6.04 Å². The fourth-order valence-corrected chi connectivity index (χ4v) is 4.80. The van der Waals surface area contributed by atoms with E-state index in [-0.39, 0.29) is 0 Å². The minimum Gasteiger partial charge on any atom is -0.312 e. The van der Waals surface area contributed by atoms with E-state index in [0.29, 0.717) is 12.1 Å². The summed E-state index contributed by atoms with van der Waals surface area (Å²) in [7, 11) is 6.68. The van der Waals surface area contributed by atoms with Gasteiger partial charge >= 0.3 is 0 Å². The zero-order valence-electron chi connectivity index (χ0n) is 12.9. The summed E-state index contributed by atoms with van der Waals surface area (Å²) < 4.78 is 0. The summed E-state index contributed by atoms with van der Waals surface area (Å²) in [5.74, 6) is 0. The van der Waals surface area contributed by atoms with Gasteiger partial charge in [-0.25, -0.2) is 0 Å². The maximum Gasteiger partial charge on any atom is 0.0561 e. The molecule has 2 bridgehead atoms. The molecule has 0 saturated carbocycles. The molecule has 2 aliphatic rings. The van der Waals surface area contributed by atoms with Crippen molar-refractivity contribution in [1.82, 2.24) is 15.1 Å². The molecule has 1 aromatic heterocycles. The van der Waals surface area contributed by atoms with Crippen LogP contribution < -0.4 is 5.32 Å². The highest BCUT2D eigenvalue weighted by Gasteiger charge is 2.38. The molecule has 0 radical (unpaired) electrons. The second-order valence-corrected chi connectivity index (χ2v) is 7.60. The Morgan fingerprint density at radius 2 is 2.05 bits per heavy atom. The van der Waals surface area contributed by atoms with Crippen LogP contribution in [0, 0.1) is 0 Å². The van der Waals surface area contributed by atoms with Crippen molar-refractivity contribution in [2.75, 3.05) is 27.7 Å². The van der Waals surface area contributed by atoms with Crippen LogP contribution in [0.2, 0.25) is 0 Å². The third-order valence-electron chi connectivity index (χ3n) is 5.19. The number of fused-ring (bicyclic) bond motifs is 2. The summed E-state index contributed by atoms with van der Waals surface area (Å²) in [6, 6.07) is 7.29. The molecule has 0 spiro atoms. The molecule has 0 aliphatic carbocycles. The predicted octanol–water partition coefficient (Wildman–Crippen LogP) is 2.57. The number of nitrogens with zero attached hydrogens (tertiary/aromatic N) is 2. The second-order valence-electron chi connectivity index (χ2n) is 6.62. The van der Waals surface area contributed by atoms with Gasteiger partial charge in [0.2, 0.25) is 0 Å². The molecule has 1 N–H and O–H groups in total. The highest BCUT2D eigenvalue weighted by atomic mass is 32.1. The number of rotatable bonds is 5. The Bertz CT molecular complexity index is 403. The highest BCUT2D eigenvalue weighted by molar-refractivity contribution is 7.10. The fourth-order valence-electron chi connectivity index (χ4n) is 3.87. The minimum atomic E-state index is 0.507. The van der Waals surface area contributed by atoms with Crippen molar-refractivity contribution in [3.8, 4) is 0 Å². The number of likely N-dealkylation sites (N-methyl/N-ethyl adjacent to an activating group) is 1. The summed E-state index contributed by atoms with van der Waals surface area (Å²) in [4.78, 5) is 6.42. The van der Waals surface area contributed by atoms with E-state index >= 15 is 0 Å². The Kier molecular flexibility index (Phi) is 4.46. The van der Waals surface area contributed by atoms with E-state index in [4.69, 9.17) is 0 Å². The lowest BCUT2D eigenvalue weighted by atomic mass is 9.97. The minimum absolute atomic E-state index is 0.507. The molecule has 3 nitrogen and oxygen atoms in total. The molecule has 2 aliphatic heterocycles. The summed E-state index contributed by atoms with van der Waals surface area (Å²) in [5.41, 5.74) is 0. The summed E-state index contributed by atoms with van der Waals surface area (Å²) >= 11 is 1.87. The predicted molar refractivity (Wildman–Crippen MR) is 86.3 cm³/mol. The standard InChI is InChI=1S/C16H27N3S/c1-18(2)15(16-5-4-8-20-16)11-17-12-9-13-6-7-14(10-12)19(13)3/h4-5,8,12-15,17H,6-7,9-11H2,1-3H3. The Labute approximate surface area is 127 Å². The Hall–Kier alpha value is -0.420. The zero-order chi connectivity index (χ0) is 14.1. The highest BCUT2D eigenvalue weighted by Crippen LogP contribution is 2.34. The van der Waals surface area contributed by atoms with Crippen molar-refractivity contribution in [1.29, 1.82) is 0 Å². The molecule has 0 amide bonds. The first-order valence-electron chi connectivity index (χ1n) is 7.80. The average Bonchev–Trinajstić information content (AvgIpc) is 2.97. The third-order valence-corrected chi connectivity index (χ3v) is 6.17. The van der Waals surface area contributed by atoms with Crippen LogP contribution in [0.4, 0.5) is 0 Å². The van der Waals surface area contributed by atoms with Crippen molar-refractivity contribution in [3.63, 3.8) is 0 Å². The summed E-state index contributed by atoms with van der Waals surface area (Å²) in [5, 5.41) is 6.03. The molecule has 20 heavy (non-hydrogen) atoms. The molecule has 0 aromatic carbocycles. The van der Waals surface area contributed by atoms with Gasteiger partial charge in [-0.05, 0) is 58.3 Å². The van der Waals surface area contributed by atoms with Gasteiger partial charge in [0.25, 0.3) is 0 Å². The van der Waals surface area contributed by atoms with Gasteiger partial charge in [-0.15, -0.1) is 11.3 Å². The number of hydrogen-bond acceptors (Lipinski definition) is 4. The maximum atomic E-state index is 3.85. The smallest absolute Gasteiger partial charge is 0.0561 e. The van der Waals surface area contributed by atoms with E-state index in [9.17, 15) is 0 Å². The lowest BCUT2D eigenvalue weighted by molar-refractivity contribution is 0.143. The van der Waals surface area contributed by atoms with Crippen molar-refractivity contribution < 1.29 is 0 Å². The van der Waals surface area contributed by atoms with Gasteiger partial charge in [-0.2, -0.15) is 0 Å². The van der Waals surface area contributed by atoms with E-state index in [1.54, 1.807) is 0 Å². The van der Waals surface area contributed by atoms with Gasteiger partial charge in [-0.3, -0.25) is 0 Å². The van der Waals surface area contributed by atoms with Crippen molar-refractivity contribution in [3.05, 3.63) is 22.4 Å². The monoisotopic (exact) mass is 293 g/mol. The second kappa shape index (κ2) is 6.14. The third kappa shape index (κ3) is 2.93. The van der Waals surface area contributed by atoms with Gasteiger partial charge in [0, 0.05) is 29.5 Å². The largest absolute Gasteiger partial charge is 0.312 e. The van der Waals surface area contributed by atoms with Crippen molar-refractivity contribution in [2.45, 2.75) is 49.9 Å². The van der Waals surface area contributed by atoms with Gasteiger partial charge < -0.3 is 15.1 Å². The topological polar surface area (TPSA) is 18.5 Å². The Morgan fingerprint density at radius 3 is 2.60 bits per heavy atom. The van der Waals surface area contributed by atoms with Crippen LogP contribution >= 0.6 is 11.3 Å². The molecule has 112 valence electrons. The molecular formula is C16H27N3S. The SMILES string of the molecule is CN(C)C(CNC1CC2CCC(C1)N2C)c1cccs1. The van der Waals surface area contributed by atoms with Crippen LogP contribution in [0.15, 0.2) is 17.5 Å². The zero-order valence-corrected chi connectivity index (χ0v) is 13.7. The lowest BCUT2D eigenvalue weighted by Crippen LogP contribution is -2.48. The van der Waals surface area contributed by atoms with Crippen molar-refractivity contribution in [2.24, 2.45) is 0 Å². The Morgan fingerprint density at radius 1 is 1.35 bits per heavy atom. The van der Waals surface area contributed by atoms with Crippen LogP contribution in [0.25, 0.3) is 0 Å². The quantitative estimate of drug-likeness (QED) is 0.900. The van der Waals surface area contributed by atoms with E-state index < -0.39 is 0 Å². The average molecular weight is 293 g/mol. The van der Waals surface area contributed by atoms with Gasteiger partial charge in [0.15, 0.2) is 0 Å². The maximum absolute atomic E-state index is 3.85. The van der Waals surface area contributed by atoms with Crippen LogP contribution in [0.3, 0.4) is 0 Å². The van der Waals surface area contributed by atoms with E-state index in [1.165, 1.54) is 30.6 Å². The van der Waals surface area contributed by atoms with Crippen LogP contribution in [-0.2, 0) is 0 Å². The van der Waals surface area contributed by atoms with Gasteiger partial charge in [-0.1, -0.05) is 6.07 Å². The molecule has 2 saturated heterocycles. The first kappa shape index (κ1) is 14.5. The molecule has 4 heteroatoms. The number of piperidine rings is 1. The van der Waals surface area contributed by atoms with E-state index in [2.05, 4.69) is 53.8 Å². The molecular weight excluding hydrogens is 266 g/mol. The van der Waals surface area contributed by atoms with E-state index in [1.807, 2.05) is 11.3 Å². The van der Waals surface area contributed by atoms with Crippen LogP contribution in [0.5, 0.6) is 0 Å². The summed E-state index contributed by atoms with van der Waals surface area (Å²) in [6.45, 7) is 1.07. The summed E-state index contributed by atoms with van der Waals surface area (Å²) in [6.07, 6.45) is 5.47. The fraction of sp³-hybridized carbons (Fsp3) is 0.750. The molecule has 3 unspecified atom stereocenters.